The molecule has 0 radical (unpaired) electrons. The van der Waals surface area contributed by atoms with Gasteiger partial charge in [0.05, 0.1) is 5.56 Å². The minimum Gasteiger partial charge on any atom is -0.337 e. The van der Waals surface area contributed by atoms with Crippen LogP contribution in [0.1, 0.15) is 31.1 Å². The first-order valence-corrected chi connectivity index (χ1v) is 7.94. The van der Waals surface area contributed by atoms with Crippen LogP contribution in [0, 0.1) is 17.0 Å². The van der Waals surface area contributed by atoms with Crippen LogP contribution in [0.25, 0.3) is 0 Å². The first kappa shape index (κ1) is 18.2. The maximum Gasteiger partial charge on any atom is 0.317 e. The molecule has 0 aliphatic carbocycles. The van der Waals surface area contributed by atoms with Crippen molar-refractivity contribution in [1.29, 1.82) is 0 Å². The number of piperazine rings is 1. The molecule has 1 heterocycles. The molecule has 0 spiro atoms. The van der Waals surface area contributed by atoms with Crippen LogP contribution in [0.3, 0.4) is 0 Å². The molecule has 1 aliphatic rings. The molecule has 0 aromatic heterocycles. The minimum absolute atomic E-state index is 0.00639. The van der Waals surface area contributed by atoms with E-state index in [0.29, 0.717) is 38.8 Å². The zero-order valence-electron chi connectivity index (χ0n) is 14.2. The van der Waals surface area contributed by atoms with Gasteiger partial charge in [-0.15, -0.1) is 0 Å². The van der Waals surface area contributed by atoms with Crippen LogP contribution in [0.5, 0.6) is 0 Å². The third kappa shape index (κ3) is 4.66. The third-order valence-electron chi connectivity index (χ3n) is 3.79. The second-order valence-corrected chi connectivity index (χ2v) is 7.12. The summed E-state index contributed by atoms with van der Waals surface area (Å²) in [5, 5.41) is 2.87. The molecular formula is C17H23F2N3O2. The zero-order valence-corrected chi connectivity index (χ0v) is 14.2. The predicted octanol–water partition coefficient (Wildman–Crippen LogP) is 2.48. The Bertz CT molecular complexity index is 621. The number of urea groups is 1. The summed E-state index contributed by atoms with van der Waals surface area (Å²) in [7, 11) is 0. The minimum atomic E-state index is -0.870. The van der Waals surface area contributed by atoms with Crippen molar-refractivity contribution in [3.8, 4) is 0 Å². The fraction of sp³-hybridized carbons (Fsp3) is 0.529. The van der Waals surface area contributed by atoms with Crippen LogP contribution in [-0.4, -0.2) is 54.5 Å². The van der Waals surface area contributed by atoms with Gasteiger partial charge in [0.15, 0.2) is 0 Å². The smallest absolute Gasteiger partial charge is 0.317 e. The highest BCUT2D eigenvalue weighted by Crippen LogP contribution is 2.15. The molecule has 1 saturated heterocycles. The van der Waals surface area contributed by atoms with Gasteiger partial charge in [0, 0.05) is 38.8 Å². The Labute approximate surface area is 140 Å². The Balaban J connectivity index is 1.90. The van der Waals surface area contributed by atoms with Crippen LogP contribution in [0.2, 0.25) is 0 Å². The highest BCUT2D eigenvalue weighted by atomic mass is 19.1. The first-order chi connectivity index (χ1) is 11.2. The van der Waals surface area contributed by atoms with Crippen molar-refractivity contribution in [2.24, 2.45) is 5.41 Å². The fourth-order valence-corrected chi connectivity index (χ4v) is 2.40. The van der Waals surface area contributed by atoms with Gasteiger partial charge in [-0.05, 0) is 17.5 Å². The number of benzene rings is 1. The molecule has 2 rings (SSSR count). The highest BCUT2D eigenvalue weighted by Gasteiger charge is 2.26. The number of amides is 3. The Morgan fingerprint density at radius 1 is 1.08 bits per heavy atom. The van der Waals surface area contributed by atoms with Crippen LogP contribution in [0.15, 0.2) is 18.2 Å². The van der Waals surface area contributed by atoms with E-state index >= 15 is 0 Å². The van der Waals surface area contributed by atoms with Gasteiger partial charge in [-0.1, -0.05) is 20.8 Å². The molecule has 1 N–H and O–H groups in total. The second kappa shape index (κ2) is 7.15. The standard InChI is InChI=1S/C17H23F2N3O2/c1-17(2,3)11-20-16(24)22-8-6-21(7-9-22)15(23)13-5-4-12(18)10-14(13)19/h4-5,10H,6-9,11H2,1-3H3,(H,20,24). The largest absolute Gasteiger partial charge is 0.337 e. The first-order valence-electron chi connectivity index (χ1n) is 7.94. The molecule has 3 amide bonds. The van der Waals surface area contributed by atoms with Crippen molar-refractivity contribution < 1.29 is 18.4 Å². The van der Waals surface area contributed by atoms with Gasteiger partial charge in [0.1, 0.15) is 11.6 Å². The molecule has 5 nitrogen and oxygen atoms in total. The number of carbonyl (C=O) groups excluding carboxylic acids is 2. The van der Waals surface area contributed by atoms with E-state index in [1.165, 1.54) is 4.90 Å². The maximum atomic E-state index is 13.7. The zero-order chi connectivity index (χ0) is 17.9. The molecule has 0 atom stereocenters. The van der Waals surface area contributed by atoms with Crippen LogP contribution in [-0.2, 0) is 0 Å². The van der Waals surface area contributed by atoms with Crippen molar-refractivity contribution in [3.05, 3.63) is 35.4 Å². The number of rotatable bonds is 2. The van der Waals surface area contributed by atoms with E-state index in [4.69, 9.17) is 0 Å². The Kier molecular flexibility index (Phi) is 5.41. The van der Waals surface area contributed by atoms with E-state index in [9.17, 15) is 18.4 Å². The summed E-state index contributed by atoms with van der Waals surface area (Å²) in [6.45, 7) is 8.04. The Morgan fingerprint density at radius 3 is 2.21 bits per heavy atom. The average Bonchev–Trinajstić information content (AvgIpc) is 2.51. The van der Waals surface area contributed by atoms with Crippen molar-refractivity contribution in [1.82, 2.24) is 15.1 Å². The predicted molar refractivity (Wildman–Crippen MR) is 86.7 cm³/mol. The van der Waals surface area contributed by atoms with Gasteiger partial charge in [0.2, 0.25) is 0 Å². The number of hydrogen-bond donors (Lipinski definition) is 1. The fourth-order valence-electron chi connectivity index (χ4n) is 2.40. The normalized spacial score (nSPS) is 15.4. The lowest BCUT2D eigenvalue weighted by Gasteiger charge is -2.35. The van der Waals surface area contributed by atoms with E-state index in [1.807, 2.05) is 20.8 Å². The van der Waals surface area contributed by atoms with Gasteiger partial charge < -0.3 is 15.1 Å². The van der Waals surface area contributed by atoms with Gasteiger partial charge in [-0.3, -0.25) is 4.79 Å². The van der Waals surface area contributed by atoms with Crippen molar-refractivity contribution in [3.63, 3.8) is 0 Å². The van der Waals surface area contributed by atoms with E-state index in [1.54, 1.807) is 4.90 Å². The highest BCUT2D eigenvalue weighted by molar-refractivity contribution is 5.94. The number of halogens is 2. The van der Waals surface area contributed by atoms with E-state index in [-0.39, 0.29) is 17.0 Å². The SMILES string of the molecule is CC(C)(C)CNC(=O)N1CCN(C(=O)c2ccc(F)cc2F)CC1. The van der Waals surface area contributed by atoms with Gasteiger partial charge in [-0.25, -0.2) is 13.6 Å². The average molecular weight is 339 g/mol. The molecule has 7 heteroatoms. The van der Waals surface area contributed by atoms with Gasteiger partial charge in [-0.2, -0.15) is 0 Å². The maximum absolute atomic E-state index is 13.7. The summed E-state index contributed by atoms with van der Waals surface area (Å²) in [6, 6.07) is 2.75. The lowest BCUT2D eigenvalue weighted by molar-refractivity contribution is 0.0659. The molecule has 0 saturated carbocycles. The second-order valence-electron chi connectivity index (χ2n) is 7.12. The summed E-state index contributed by atoms with van der Waals surface area (Å²) >= 11 is 0. The summed E-state index contributed by atoms with van der Waals surface area (Å²) in [4.78, 5) is 27.5. The molecular weight excluding hydrogens is 316 g/mol. The summed E-state index contributed by atoms with van der Waals surface area (Å²) < 4.78 is 26.6. The number of nitrogens with one attached hydrogen (secondary N) is 1. The molecule has 0 unspecified atom stereocenters. The van der Waals surface area contributed by atoms with Crippen LogP contribution >= 0.6 is 0 Å². The molecule has 24 heavy (non-hydrogen) atoms. The van der Waals surface area contributed by atoms with Gasteiger partial charge in [0.25, 0.3) is 5.91 Å². The molecule has 0 bridgehead atoms. The van der Waals surface area contributed by atoms with Crippen LogP contribution < -0.4 is 5.32 Å². The molecule has 132 valence electrons. The van der Waals surface area contributed by atoms with Crippen molar-refractivity contribution in [2.75, 3.05) is 32.7 Å². The summed E-state index contributed by atoms with van der Waals surface area (Å²) in [5.41, 5.74) is -0.157. The van der Waals surface area contributed by atoms with Crippen LogP contribution in [0.4, 0.5) is 13.6 Å². The molecule has 1 aliphatic heterocycles. The molecule has 1 fully saturated rings. The lowest BCUT2D eigenvalue weighted by Crippen LogP contribution is -2.54. The van der Waals surface area contributed by atoms with Gasteiger partial charge >= 0.3 is 6.03 Å². The summed E-state index contributed by atoms with van der Waals surface area (Å²) in [6.07, 6.45) is 0. The van der Waals surface area contributed by atoms with Crippen molar-refractivity contribution >= 4 is 11.9 Å². The third-order valence-corrected chi connectivity index (χ3v) is 3.79. The number of nitrogens with zero attached hydrogens (tertiary/aromatic N) is 2. The Hall–Kier alpha value is -2.18. The van der Waals surface area contributed by atoms with E-state index < -0.39 is 17.5 Å². The lowest BCUT2D eigenvalue weighted by atomic mass is 9.97. The summed E-state index contributed by atoms with van der Waals surface area (Å²) in [5.74, 6) is -2.07. The number of carbonyl (C=O) groups is 2. The topological polar surface area (TPSA) is 52.7 Å². The monoisotopic (exact) mass is 339 g/mol. The Morgan fingerprint density at radius 2 is 1.67 bits per heavy atom. The number of hydrogen-bond acceptors (Lipinski definition) is 2. The van der Waals surface area contributed by atoms with Crippen molar-refractivity contribution in [2.45, 2.75) is 20.8 Å². The molecule has 1 aromatic rings. The van der Waals surface area contributed by atoms with E-state index in [2.05, 4.69) is 5.32 Å². The van der Waals surface area contributed by atoms with E-state index in [0.717, 1.165) is 12.1 Å². The quantitative estimate of drug-likeness (QED) is 0.900. The molecule has 1 aromatic carbocycles.